The lowest BCUT2D eigenvalue weighted by molar-refractivity contribution is -0.150. The molecule has 4 N–H and O–H groups in total. The van der Waals surface area contributed by atoms with Crippen LogP contribution < -0.4 is 11.4 Å². The van der Waals surface area contributed by atoms with Crippen molar-refractivity contribution in [1.82, 2.24) is 9.55 Å². The van der Waals surface area contributed by atoms with Crippen molar-refractivity contribution in [3.05, 3.63) is 22.7 Å². The molecule has 0 unspecified atom stereocenters. The minimum Gasteiger partial charge on any atom is -0.463 e. The second-order valence-electron chi connectivity index (χ2n) is 5.02. The number of aliphatic hydroxyl groups excluding tert-OH is 2. The van der Waals surface area contributed by atoms with Crippen molar-refractivity contribution >= 4 is 11.8 Å². The lowest BCUT2D eigenvalue weighted by atomic mass is 10.1. The van der Waals surface area contributed by atoms with E-state index in [4.69, 9.17) is 15.2 Å². The molecule has 0 radical (unpaired) electrons. The molecule has 1 aromatic heterocycles. The fraction of sp³-hybridized carbons (Fsp3) is 0.615. The van der Waals surface area contributed by atoms with Gasteiger partial charge in [0.05, 0.1) is 0 Å². The number of rotatable bonds is 5. The quantitative estimate of drug-likeness (QED) is 0.576. The number of nitrogens with zero attached hydrogens (tertiary/aromatic N) is 2. The highest BCUT2D eigenvalue weighted by atomic mass is 16.6. The Morgan fingerprint density at radius 3 is 2.86 bits per heavy atom. The Balaban J connectivity index is 2.06. The number of nitrogen functional groups attached to an aromatic ring is 1. The molecule has 1 aliphatic heterocycles. The Labute approximate surface area is 126 Å². The van der Waals surface area contributed by atoms with Crippen molar-refractivity contribution in [2.75, 3.05) is 12.3 Å². The fourth-order valence-corrected chi connectivity index (χ4v) is 2.17. The summed E-state index contributed by atoms with van der Waals surface area (Å²) >= 11 is 0. The largest absolute Gasteiger partial charge is 0.463 e. The van der Waals surface area contributed by atoms with E-state index in [1.165, 1.54) is 12.3 Å². The highest BCUT2D eigenvalue weighted by Gasteiger charge is 2.44. The zero-order valence-electron chi connectivity index (χ0n) is 12.1. The standard InChI is InChI=1S/C13H19N3O6/c1-2-3-9(17)21-6-7-10(18)11(19)12(22-7)16-5-4-8(14)15-13(16)20/h4-5,7,10-12,18-19H,2-3,6H2,1H3,(H2,14,15,20)/t7-,10-,11-,12-/m1/s1. The topological polar surface area (TPSA) is 137 Å². The highest BCUT2D eigenvalue weighted by Crippen LogP contribution is 2.28. The number of anilines is 1. The molecule has 9 nitrogen and oxygen atoms in total. The third-order valence-corrected chi connectivity index (χ3v) is 3.33. The number of carbonyl (C=O) groups excluding carboxylic acids is 1. The lowest BCUT2D eigenvalue weighted by Gasteiger charge is -2.16. The number of ether oxygens (including phenoxy) is 2. The first kappa shape index (κ1) is 16.4. The Kier molecular flexibility index (Phi) is 5.11. The van der Waals surface area contributed by atoms with Gasteiger partial charge in [-0.3, -0.25) is 9.36 Å². The van der Waals surface area contributed by atoms with E-state index in [2.05, 4.69) is 4.98 Å². The number of aliphatic hydroxyl groups is 2. The van der Waals surface area contributed by atoms with Crippen LogP contribution >= 0.6 is 0 Å². The van der Waals surface area contributed by atoms with Crippen molar-refractivity contribution in [3.8, 4) is 0 Å². The number of hydrogen-bond donors (Lipinski definition) is 3. The number of hydrogen-bond acceptors (Lipinski definition) is 8. The number of carbonyl (C=O) groups is 1. The van der Waals surface area contributed by atoms with Gasteiger partial charge in [-0.25, -0.2) is 4.79 Å². The van der Waals surface area contributed by atoms with Crippen LogP contribution in [-0.2, 0) is 14.3 Å². The average Bonchev–Trinajstić information content (AvgIpc) is 2.74. The molecule has 1 fully saturated rings. The molecule has 9 heteroatoms. The van der Waals surface area contributed by atoms with Crippen molar-refractivity contribution in [3.63, 3.8) is 0 Å². The molecule has 0 spiro atoms. The van der Waals surface area contributed by atoms with Crippen LogP contribution in [0.5, 0.6) is 0 Å². The van der Waals surface area contributed by atoms with Gasteiger partial charge in [0.2, 0.25) is 0 Å². The maximum absolute atomic E-state index is 11.8. The van der Waals surface area contributed by atoms with Crippen LogP contribution in [-0.4, -0.2) is 50.7 Å². The van der Waals surface area contributed by atoms with Crippen LogP contribution in [0.25, 0.3) is 0 Å². The van der Waals surface area contributed by atoms with E-state index < -0.39 is 36.2 Å². The molecule has 0 aliphatic carbocycles. The van der Waals surface area contributed by atoms with Gasteiger partial charge in [-0.05, 0) is 12.5 Å². The smallest absolute Gasteiger partial charge is 0.351 e. The van der Waals surface area contributed by atoms with E-state index >= 15 is 0 Å². The Hall–Kier alpha value is -1.97. The normalized spacial score (nSPS) is 27.8. The van der Waals surface area contributed by atoms with Crippen molar-refractivity contribution in [1.29, 1.82) is 0 Å². The Bertz CT molecular complexity index is 589. The van der Waals surface area contributed by atoms with Gasteiger partial charge in [-0.2, -0.15) is 4.98 Å². The summed E-state index contributed by atoms with van der Waals surface area (Å²) in [4.78, 5) is 26.6. The highest BCUT2D eigenvalue weighted by molar-refractivity contribution is 5.69. The minimum atomic E-state index is -1.35. The van der Waals surface area contributed by atoms with Crippen molar-refractivity contribution in [2.24, 2.45) is 0 Å². The van der Waals surface area contributed by atoms with Crippen molar-refractivity contribution < 1.29 is 24.5 Å². The molecule has 22 heavy (non-hydrogen) atoms. The number of nitrogens with two attached hydrogens (primary N) is 1. The molecule has 0 bridgehead atoms. The van der Waals surface area contributed by atoms with Crippen LogP contribution in [0, 0.1) is 0 Å². The summed E-state index contributed by atoms with van der Waals surface area (Å²) in [5.41, 5.74) is 4.68. The molecule has 0 saturated carbocycles. The van der Waals surface area contributed by atoms with Gasteiger partial charge in [-0.1, -0.05) is 6.92 Å². The summed E-state index contributed by atoms with van der Waals surface area (Å²) < 4.78 is 11.4. The predicted molar refractivity (Wildman–Crippen MR) is 74.7 cm³/mol. The van der Waals surface area contributed by atoms with Gasteiger partial charge in [0, 0.05) is 12.6 Å². The van der Waals surface area contributed by atoms with E-state index in [0.29, 0.717) is 6.42 Å². The minimum absolute atomic E-state index is 0.0410. The first-order valence-corrected chi connectivity index (χ1v) is 6.96. The Morgan fingerprint density at radius 2 is 2.23 bits per heavy atom. The van der Waals surface area contributed by atoms with E-state index in [1.807, 2.05) is 6.92 Å². The molecule has 0 aromatic carbocycles. The Morgan fingerprint density at radius 1 is 1.50 bits per heavy atom. The molecule has 2 heterocycles. The molecule has 0 amide bonds. The first-order chi connectivity index (χ1) is 10.4. The molecular formula is C13H19N3O6. The third kappa shape index (κ3) is 3.43. The lowest BCUT2D eigenvalue weighted by Crippen LogP contribution is -2.36. The summed E-state index contributed by atoms with van der Waals surface area (Å²) in [5.74, 6) is -0.373. The van der Waals surface area contributed by atoms with Crippen LogP contribution in [0.15, 0.2) is 17.1 Å². The van der Waals surface area contributed by atoms with Gasteiger partial charge >= 0.3 is 11.7 Å². The van der Waals surface area contributed by atoms with Crippen LogP contribution in [0.3, 0.4) is 0 Å². The van der Waals surface area contributed by atoms with Gasteiger partial charge in [-0.15, -0.1) is 0 Å². The first-order valence-electron chi connectivity index (χ1n) is 6.96. The van der Waals surface area contributed by atoms with Crippen LogP contribution in [0.2, 0.25) is 0 Å². The summed E-state index contributed by atoms with van der Waals surface area (Å²) in [5, 5.41) is 20.0. The summed E-state index contributed by atoms with van der Waals surface area (Å²) in [6.45, 7) is 1.63. The molecule has 4 atom stereocenters. The van der Waals surface area contributed by atoms with Crippen molar-refractivity contribution in [2.45, 2.75) is 44.3 Å². The zero-order valence-corrected chi connectivity index (χ0v) is 12.1. The van der Waals surface area contributed by atoms with E-state index in [0.717, 1.165) is 4.57 Å². The van der Waals surface area contributed by atoms with Crippen LogP contribution in [0.4, 0.5) is 5.82 Å². The van der Waals surface area contributed by atoms with Gasteiger partial charge < -0.3 is 25.4 Å². The van der Waals surface area contributed by atoms with Crippen LogP contribution in [0.1, 0.15) is 26.0 Å². The molecule has 1 saturated heterocycles. The fourth-order valence-electron chi connectivity index (χ4n) is 2.17. The SMILES string of the molecule is CCCC(=O)OC[C@H]1O[C@@H](n2ccc(N)nc2=O)[C@H](O)[C@@H]1O. The second kappa shape index (κ2) is 6.86. The maximum atomic E-state index is 11.8. The van der Waals surface area contributed by atoms with E-state index in [9.17, 15) is 19.8 Å². The molecule has 2 rings (SSSR count). The molecule has 1 aromatic rings. The predicted octanol–water partition coefficient (Wildman–Crippen LogP) is -1.21. The zero-order chi connectivity index (χ0) is 16.3. The molecular weight excluding hydrogens is 294 g/mol. The van der Waals surface area contributed by atoms with E-state index in [-0.39, 0.29) is 18.8 Å². The third-order valence-electron chi connectivity index (χ3n) is 3.33. The molecule has 122 valence electrons. The molecule has 1 aliphatic rings. The van der Waals surface area contributed by atoms with Gasteiger partial charge in [0.15, 0.2) is 6.23 Å². The summed E-state index contributed by atoms with van der Waals surface area (Å²) in [6.07, 6.45) is -2.46. The summed E-state index contributed by atoms with van der Waals surface area (Å²) in [6, 6.07) is 1.37. The monoisotopic (exact) mass is 313 g/mol. The average molecular weight is 313 g/mol. The second-order valence-corrected chi connectivity index (χ2v) is 5.02. The number of esters is 1. The number of aromatic nitrogens is 2. The van der Waals surface area contributed by atoms with Gasteiger partial charge in [0.25, 0.3) is 0 Å². The van der Waals surface area contributed by atoms with Gasteiger partial charge in [0.1, 0.15) is 30.7 Å². The maximum Gasteiger partial charge on any atom is 0.351 e. The summed E-state index contributed by atoms with van der Waals surface area (Å²) in [7, 11) is 0. The van der Waals surface area contributed by atoms with E-state index in [1.54, 1.807) is 0 Å².